The Kier molecular flexibility index (Phi) is 6.40. The molecule has 1 amide bonds. The highest BCUT2D eigenvalue weighted by molar-refractivity contribution is 7.89. The molecular weight excluding hydrogens is 398 g/mol. The number of carbonyl (C=O) groups is 1. The number of likely N-dealkylation sites (N-methyl/N-ethyl adjacent to an activating group) is 1. The van der Waals surface area contributed by atoms with E-state index in [-0.39, 0.29) is 21.9 Å². The molecule has 2 aromatic rings. The molecule has 0 bridgehead atoms. The van der Waals surface area contributed by atoms with Crippen molar-refractivity contribution in [2.24, 2.45) is 0 Å². The minimum Gasteiger partial charge on any atom is -0.343 e. The third-order valence-electron chi connectivity index (χ3n) is 5.05. The molecule has 8 heteroatoms. The third-order valence-corrected chi connectivity index (χ3v) is 7.45. The molecular formula is C20H25ClN3O3S+. The van der Waals surface area contributed by atoms with Crippen molar-refractivity contribution in [2.75, 3.05) is 40.3 Å². The van der Waals surface area contributed by atoms with Crippen molar-refractivity contribution in [3.8, 4) is 0 Å². The number of hydrogen-bond acceptors (Lipinski definition) is 3. The van der Waals surface area contributed by atoms with Gasteiger partial charge >= 0.3 is 0 Å². The van der Waals surface area contributed by atoms with Crippen LogP contribution in [0.25, 0.3) is 0 Å². The number of amides is 1. The fraction of sp³-hybridized carbons (Fsp3) is 0.350. The number of quaternary nitrogens is 1. The minimum absolute atomic E-state index is 0.0172. The molecule has 1 fully saturated rings. The molecule has 0 aliphatic carbocycles. The fourth-order valence-corrected chi connectivity index (χ4v) is 5.49. The van der Waals surface area contributed by atoms with Crippen molar-refractivity contribution in [2.45, 2.75) is 10.9 Å². The summed E-state index contributed by atoms with van der Waals surface area (Å²) in [6.07, 6.45) is 0. The van der Waals surface area contributed by atoms with E-state index in [1.54, 1.807) is 37.2 Å². The molecule has 0 aromatic heterocycles. The van der Waals surface area contributed by atoms with Crippen LogP contribution in [0.15, 0.2) is 59.5 Å². The molecule has 1 heterocycles. The highest BCUT2D eigenvalue weighted by Crippen LogP contribution is 2.24. The van der Waals surface area contributed by atoms with Crippen LogP contribution >= 0.6 is 11.6 Å². The molecule has 0 radical (unpaired) electrons. The standard InChI is InChI=1S/C20H24ClN3O3S/c1-22(2)20(25)19(16-8-4-3-5-9-16)23-12-14-24(15-13-23)28(26,27)18-11-7-6-10-17(18)21/h3-11,19H,12-15H2,1-2H3/p+1/t19-/m0/s1. The van der Waals surface area contributed by atoms with Crippen molar-refractivity contribution in [1.29, 1.82) is 0 Å². The van der Waals surface area contributed by atoms with Crippen molar-refractivity contribution in [1.82, 2.24) is 9.21 Å². The predicted molar refractivity (Wildman–Crippen MR) is 109 cm³/mol. The second-order valence-corrected chi connectivity index (χ2v) is 9.38. The summed E-state index contributed by atoms with van der Waals surface area (Å²) in [5, 5.41) is 0.224. The van der Waals surface area contributed by atoms with Gasteiger partial charge in [0.15, 0.2) is 6.04 Å². The van der Waals surface area contributed by atoms with Crippen LogP contribution in [0.3, 0.4) is 0 Å². The highest BCUT2D eigenvalue weighted by Gasteiger charge is 2.38. The largest absolute Gasteiger partial charge is 0.343 e. The predicted octanol–water partition coefficient (Wildman–Crippen LogP) is 1.06. The van der Waals surface area contributed by atoms with Gasteiger partial charge in [-0.2, -0.15) is 4.31 Å². The van der Waals surface area contributed by atoms with Gasteiger partial charge in [-0.15, -0.1) is 0 Å². The van der Waals surface area contributed by atoms with Gasteiger partial charge in [-0.3, -0.25) is 4.79 Å². The number of sulfonamides is 1. The summed E-state index contributed by atoms with van der Waals surface area (Å²) in [6.45, 7) is 1.77. The fourth-order valence-electron chi connectivity index (χ4n) is 3.55. The molecule has 6 nitrogen and oxygen atoms in total. The van der Waals surface area contributed by atoms with Crippen molar-refractivity contribution < 1.29 is 18.1 Å². The Labute approximate surface area is 171 Å². The maximum atomic E-state index is 13.0. The zero-order valence-corrected chi connectivity index (χ0v) is 17.6. The molecule has 150 valence electrons. The summed E-state index contributed by atoms with van der Waals surface area (Å²) >= 11 is 6.10. The molecule has 1 aliphatic rings. The lowest BCUT2D eigenvalue weighted by atomic mass is 10.0. The number of hydrogen-bond donors (Lipinski definition) is 1. The van der Waals surface area contributed by atoms with E-state index in [0.29, 0.717) is 26.2 Å². The van der Waals surface area contributed by atoms with Crippen molar-refractivity contribution >= 4 is 27.5 Å². The zero-order chi connectivity index (χ0) is 20.3. The Morgan fingerprint density at radius 2 is 1.61 bits per heavy atom. The van der Waals surface area contributed by atoms with Crippen LogP contribution in [0.5, 0.6) is 0 Å². The maximum absolute atomic E-state index is 13.0. The van der Waals surface area contributed by atoms with Crippen LogP contribution in [0.2, 0.25) is 5.02 Å². The van der Waals surface area contributed by atoms with E-state index in [2.05, 4.69) is 0 Å². The average molecular weight is 423 g/mol. The van der Waals surface area contributed by atoms with Crippen molar-refractivity contribution in [3.05, 3.63) is 65.2 Å². The number of rotatable bonds is 5. The van der Waals surface area contributed by atoms with Gasteiger partial charge in [-0.05, 0) is 12.1 Å². The summed E-state index contributed by atoms with van der Waals surface area (Å²) in [7, 11) is -0.159. The van der Waals surface area contributed by atoms with Gasteiger partial charge in [0.05, 0.1) is 31.2 Å². The van der Waals surface area contributed by atoms with E-state index in [1.165, 1.54) is 10.4 Å². The summed E-state index contributed by atoms with van der Waals surface area (Å²) in [4.78, 5) is 15.6. The van der Waals surface area contributed by atoms with Gasteiger partial charge in [0.2, 0.25) is 10.0 Å². The van der Waals surface area contributed by atoms with Crippen molar-refractivity contribution in [3.63, 3.8) is 0 Å². The van der Waals surface area contributed by atoms with E-state index in [1.807, 2.05) is 30.3 Å². The molecule has 1 atom stereocenters. The molecule has 1 aliphatic heterocycles. The first-order chi connectivity index (χ1) is 13.3. The number of carbonyl (C=O) groups excluding carboxylic acids is 1. The lowest BCUT2D eigenvalue weighted by Gasteiger charge is -2.36. The molecule has 1 saturated heterocycles. The number of nitrogens with zero attached hydrogens (tertiary/aromatic N) is 2. The maximum Gasteiger partial charge on any atom is 0.285 e. The SMILES string of the molecule is CN(C)C(=O)[C@H](c1ccccc1)[NH+]1CCN(S(=O)(=O)c2ccccc2Cl)CC1. The Balaban J connectivity index is 1.79. The van der Waals surface area contributed by atoms with Gasteiger partial charge in [0.1, 0.15) is 4.90 Å². The first-order valence-electron chi connectivity index (χ1n) is 9.17. The van der Waals surface area contributed by atoms with Gasteiger partial charge in [0, 0.05) is 19.7 Å². The van der Waals surface area contributed by atoms with E-state index >= 15 is 0 Å². The molecule has 1 N–H and O–H groups in total. The van der Waals surface area contributed by atoms with Gasteiger partial charge in [-0.1, -0.05) is 54.1 Å². The van der Waals surface area contributed by atoms with Crippen LogP contribution in [0.1, 0.15) is 11.6 Å². The van der Waals surface area contributed by atoms with E-state index in [0.717, 1.165) is 10.5 Å². The minimum atomic E-state index is -3.65. The molecule has 28 heavy (non-hydrogen) atoms. The normalized spacial score (nSPS) is 17.2. The first kappa shape index (κ1) is 20.8. The van der Waals surface area contributed by atoms with Gasteiger partial charge in [0.25, 0.3) is 5.91 Å². The highest BCUT2D eigenvalue weighted by atomic mass is 35.5. The average Bonchev–Trinajstić information content (AvgIpc) is 2.69. The third kappa shape index (κ3) is 4.22. The van der Waals surface area contributed by atoms with E-state index < -0.39 is 10.0 Å². The summed E-state index contributed by atoms with van der Waals surface area (Å²) in [6, 6.07) is 15.8. The van der Waals surface area contributed by atoms with E-state index in [4.69, 9.17) is 11.6 Å². The Morgan fingerprint density at radius 3 is 2.18 bits per heavy atom. The van der Waals surface area contributed by atoms with Crippen LogP contribution < -0.4 is 4.90 Å². The molecule has 2 aromatic carbocycles. The quantitative estimate of drug-likeness (QED) is 0.783. The van der Waals surface area contributed by atoms with Crippen LogP contribution in [-0.2, 0) is 14.8 Å². The number of piperazine rings is 1. The second-order valence-electron chi connectivity index (χ2n) is 7.07. The van der Waals surface area contributed by atoms with Crippen LogP contribution in [-0.4, -0.2) is 63.8 Å². The van der Waals surface area contributed by atoms with E-state index in [9.17, 15) is 13.2 Å². The Bertz CT molecular complexity index is 927. The summed E-state index contributed by atoms with van der Waals surface area (Å²) in [5.41, 5.74) is 0.943. The lowest BCUT2D eigenvalue weighted by molar-refractivity contribution is -0.925. The zero-order valence-electron chi connectivity index (χ0n) is 16.0. The summed E-state index contributed by atoms with van der Waals surface area (Å²) < 4.78 is 27.4. The monoisotopic (exact) mass is 422 g/mol. The molecule has 0 unspecified atom stereocenters. The number of halogens is 1. The first-order valence-corrected chi connectivity index (χ1v) is 11.0. The van der Waals surface area contributed by atoms with Crippen LogP contribution in [0, 0.1) is 0 Å². The topological polar surface area (TPSA) is 62.1 Å². The van der Waals surface area contributed by atoms with Gasteiger partial charge in [-0.25, -0.2) is 8.42 Å². The lowest BCUT2D eigenvalue weighted by Crippen LogP contribution is -3.16. The molecule has 3 rings (SSSR count). The van der Waals surface area contributed by atoms with Crippen LogP contribution in [0.4, 0.5) is 0 Å². The summed E-state index contributed by atoms with van der Waals surface area (Å²) in [5.74, 6) is 0.0172. The van der Waals surface area contributed by atoms with Gasteiger partial charge < -0.3 is 9.80 Å². The molecule has 0 saturated carbocycles. The number of benzene rings is 2. The Morgan fingerprint density at radius 1 is 1.04 bits per heavy atom. The second kappa shape index (κ2) is 8.61. The smallest absolute Gasteiger partial charge is 0.285 e. The Hall–Kier alpha value is -1.93. The number of nitrogens with one attached hydrogen (secondary N) is 1. The molecule has 0 spiro atoms.